The number of likely N-dealkylation sites (N-methyl/N-ethyl adjacent to an activating group) is 1. The molecule has 0 bridgehead atoms. The third kappa shape index (κ3) is 2.96. The molecule has 1 fully saturated rings. The summed E-state index contributed by atoms with van der Waals surface area (Å²) in [6.45, 7) is 2.28. The Morgan fingerprint density at radius 1 is 1.36 bits per heavy atom. The van der Waals surface area contributed by atoms with Crippen LogP contribution < -0.4 is 0 Å². The van der Waals surface area contributed by atoms with E-state index in [1.165, 1.54) is 0 Å². The Hall–Kier alpha value is -2.78. The number of rotatable bonds is 6. The minimum absolute atomic E-state index is 0.0323. The van der Waals surface area contributed by atoms with E-state index >= 15 is 0 Å². The monoisotopic (exact) mass is 383 g/mol. The molecule has 3 heterocycles. The van der Waals surface area contributed by atoms with Crippen molar-refractivity contribution in [2.75, 3.05) is 40.9 Å². The maximum atomic E-state index is 13.3. The molecule has 1 unspecified atom stereocenters. The Labute approximate surface area is 163 Å². The van der Waals surface area contributed by atoms with Gasteiger partial charge in [-0.2, -0.15) is 0 Å². The molecule has 28 heavy (non-hydrogen) atoms. The van der Waals surface area contributed by atoms with Crippen LogP contribution in [0.15, 0.2) is 30.5 Å². The van der Waals surface area contributed by atoms with Crippen LogP contribution in [0, 0.1) is 0 Å². The van der Waals surface area contributed by atoms with Gasteiger partial charge >= 0.3 is 0 Å². The number of aromatic nitrogens is 5. The van der Waals surface area contributed by atoms with Gasteiger partial charge in [0.15, 0.2) is 5.82 Å². The van der Waals surface area contributed by atoms with Gasteiger partial charge in [0, 0.05) is 42.9 Å². The second-order valence-electron chi connectivity index (χ2n) is 7.37. The largest absolute Gasteiger partial charge is 0.383 e. The highest BCUT2D eigenvalue weighted by Gasteiger charge is 2.47. The summed E-state index contributed by atoms with van der Waals surface area (Å²) in [7, 11) is 5.68. The fourth-order valence-corrected chi connectivity index (χ4v) is 4.02. The second-order valence-corrected chi connectivity index (χ2v) is 7.37. The summed E-state index contributed by atoms with van der Waals surface area (Å²) in [5.74, 6) is 0.801. The van der Waals surface area contributed by atoms with Crippen molar-refractivity contribution in [3.8, 4) is 0 Å². The van der Waals surface area contributed by atoms with E-state index in [-0.39, 0.29) is 5.91 Å². The number of nitrogens with one attached hydrogen (secondary N) is 1. The molecule has 0 radical (unpaired) electrons. The van der Waals surface area contributed by atoms with Crippen LogP contribution >= 0.6 is 0 Å². The third-order valence-electron chi connectivity index (χ3n) is 5.67. The normalized spacial score (nSPS) is 19.8. The lowest BCUT2D eigenvalue weighted by Gasteiger charge is -2.34. The first-order chi connectivity index (χ1) is 13.6. The summed E-state index contributed by atoms with van der Waals surface area (Å²) in [4.78, 5) is 20.5. The summed E-state index contributed by atoms with van der Waals surface area (Å²) in [5, 5.41) is 13.3. The van der Waals surface area contributed by atoms with Crippen molar-refractivity contribution in [2.45, 2.75) is 18.5 Å². The number of methoxy groups -OCH3 is 1. The smallest absolute Gasteiger partial charge is 0.254 e. The van der Waals surface area contributed by atoms with Crippen molar-refractivity contribution in [1.82, 2.24) is 35.0 Å². The average molecular weight is 383 g/mol. The molecule has 0 spiro atoms. The predicted molar refractivity (Wildman–Crippen MR) is 104 cm³/mol. The molecule has 9 heteroatoms. The van der Waals surface area contributed by atoms with E-state index in [9.17, 15) is 4.79 Å². The van der Waals surface area contributed by atoms with Gasteiger partial charge in [-0.1, -0.05) is 6.07 Å². The molecule has 4 rings (SSSR count). The zero-order valence-electron chi connectivity index (χ0n) is 16.4. The lowest BCUT2D eigenvalue weighted by atomic mass is 9.95. The van der Waals surface area contributed by atoms with Crippen LogP contribution in [0.3, 0.4) is 0 Å². The van der Waals surface area contributed by atoms with Crippen molar-refractivity contribution in [1.29, 1.82) is 0 Å². The molecule has 1 N–H and O–H groups in total. The Bertz CT molecular complexity index is 979. The van der Waals surface area contributed by atoms with Crippen molar-refractivity contribution in [3.63, 3.8) is 0 Å². The maximum absolute atomic E-state index is 13.3. The Morgan fingerprint density at radius 2 is 2.21 bits per heavy atom. The Balaban J connectivity index is 1.64. The minimum Gasteiger partial charge on any atom is -0.383 e. The Kier molecular flexibility index (Phi) is 4.86. The Morgan fingerprint density at radius 3 is 3.00 bits per heavy atom. The van der Waals surface area contributed by atoms with E-state index in [4.69, 9.17) is 4.74 Å². The first-order valence-electron chi connectivity index (χ1n) is 9.35. The van der Waals surface area contributed by atoms with Gasteiger partial charge in [0.1, 0.15) is 5.54 Å². The number of ether oxygens (including phenoxy) is 1. The highest BCUT2D eigenvalue weighted by atomic mass is 16.5. The molecule has 3 aromatic rings. The molecule has 1 atom stereocenters. The third-order valence-corrected chi connectivity index (χ3v) is 5.67. The second kappa shape index (κ2) is 7.33. The van der Waals surface area contributed by atoms with Crippen molar-refractivity contribution in [2.24, 2.45) is 0 Å². The number of H-pyrrole nitrogens is 1. The van der Waals surface area contributed by atoms with Crippen LogP contribution in [0.4, 0.5) is 0 Å². The van der Waals surface area contributed by atoms with Gasteiger partial charge in [0.25, 0.3) is 5.91 Å². The fourth-order valence-electron chi connectivity index (χ4n) is 4.02. The van der Waals surface area contributed by atoms with Gasteiger partial charge in [0.2, 0.25) is 0 Å². The van der Waals surface area contributed by atoms with E-state index in [0.717, 1.165) is 23.1 Å². The van der Waals surface area contributed by atoms with Crippen LogP contribution in [0.2, 0.25) is 0 Å². The van der Waals surface area contributed by atoms with Gasteiger partial charge < -0.3 is 14.6 Å². The van der Waals surface area contributed by atoms with Gasteiger partial charge in [-0.15, -0.1) is 5.10 Å². The summed E-state index contributed by atoms with van der Waals surface area (Å²) in [5.41, 5.74) is 1.25. The predicted octanol–water partition coefficient (Wildman–Crippen LogP) is 1.10. The number of amides is 1. The number of hydrogen-bond acceptors (Lipinski definition) is 6. The van der Waals surface area contributed by atoms with E-state index < -0.39 is 5.54 Å². The lowest BCUT2D eigenvalue weighted by molar-refractivity contribution is 0.0738. The van der Waals surface area contributed by atoms with Crippen molar-refractivity contribution >= 4 is 16.8 Å². The quantitative estimate of drug-likeness (QED) is 0.685. The lowest BCUT2D eigenvalue weighted by Crippen LogP contribution is -2.47. The number of carbonyl (C=O) groups is 1. The first kappa shape index (κ1) is 18.6. The van der Waals surface area contributed by atoms with Crippen molar-refractivity contribution in [3.05, 3.63) is 41.9 Å². The van der Waals surface area contributed by atoms with Gasteiger partial charge in [-0.3, -0.25) is 9.69 Å². The number of hydrogen-bond donors (Lipinski definition) is 1. The molecule has 0 saturated carbocycles. The topological polar surface area (TPSA) is 92.2 Å². The molecular weight excluding hydrogens is 358 g/mol. The van der Waals surface area contributed by atoms with Gasteiger partial charge in [-0.25, -0.2) is 4.68 Å². The fraction of sp³-hybridized carbons (Fsp3) is 0.474. The van der Waals surface area contributed by atoms with E-state index in [1.54, 1.807) is 11.8 Å². The number of fused-ring (bicyclic) bond motifs is 1. The van der Waals surface area contributed by atoms with Gasteiger partial charge in [-0.05, 0) is 49.1 Å². The van der Waals surface area contributed by atoms with Crippen molar-refractivity contribution < 1.29 is 9.53 Å². The van der Waals surface area contributed by atoms with Crippen LogP contribution in [-0.4, -0.2) is 81.8 Å². The summed E-state index contributed by atoms with van der Waals surface area (Å²) < 4.78 is 6.96. The average Bonchev–Trinajstić information content (AvgIpc) is 3.44. The molecule has 1 aliphatic rings. The number of likely N-dealkylation sites (tertiary alicyclic amines) is 1. The van der Waals surface area contributed by atoms with E-state index in [0.29, 0.717) is 31.8 Å². The molecule has 1 saturated heterocycles. The molecule has 9 nitrogen and oxygen atoms in total. The maximum Gasteiger partial charge on any atom is 0.254 e. The number of aromatic amines is 1. The molecule has 1 amide bonds. The molecule has 1 aliphatic heterocycles. The summed E-state index contributed by atoms with van der Waals surface area (Å²) in [6.07, 6.45) is 2.63. The zero-order valence-corrected chi connectivity index (χ0v) is 16.4. The SMILES string of the molecule is COCCn1nnnc1C1(N(C)C)CCN(C(=O)c2cccc3[nH]ccc23)C1. The number of tetrazole rings is 1. The minimum atomic E-state index is -0.432. The van der Waals surface area contributed by atoms with E-state index in [1.807, 2.05) is 49.5 Å². The number of nitrogens with zero attached hydrogens (tertiary/aromatic N) is 6. The standard InChI is InChI=1S/C19H25N7O2/c1-24(2)19(18-21-22-23-26(18)11-12-28-3)8-10-25(13-19)17(27)15-5-4-6-16-14(15)7-9-20-16/h4-7,9,20H,8,10-13H2,1-3H3. The zero-order chi connectivity index (χ0) is 19.7. The van der Waals surface area contributed by atoms with Crippen LogP contribution in [0.1, 0.15) is 22.6 Å². The molecule has 2 aromatic heterocycles. The van der Waals surface area contributed by atoms with Gasteiger partial charge in [0.05, 0.1) is 13.2 Å². The van der Waals surface area contributed by atoms with Crippen LogP contribution in [-0.2, 0) is 16.8 Å². The molecule has 0 aliphatic carbocycles. The first-order valence-corrected chi connectivity index (χ1v) is 9.35. The molecule has 148 valence electrons. The van der Waals surface area contributed by atoms with Crippen LogP contribution in [0.25, 0.3) is 10.9 Å². The molecular formula is C19H25N7O2. The highest BCUT2D eigenvalue weighted by molar-refractivity contribution is 6.06. The summed E-state index contributed by atoms with van der Waals surface area (Å²) >= 11 is 0. The highest BCUT2D eigenvalue weighted by Crippen LogP contribution is 2.36. The number of carbonyl (C=O) groups excluding carboxylic acids is 1. The summed E-state index contributed by atoms with van der Waals surface area (Å²) in [6, 6.07) is 7.72. The molecule has 1 aromatic carbocycles. The number of benzene rings is 1. The van der Waals surface area contributed by atoms with Crippen LogP contribution in [0.5, 0.6) is 0 Å². The van der Waals surface area contributed by atoms with E-state index in [2.05, 4.69) is 25.4 Å².